The largest absolute Gasteiger partial charge is 0.481 e. The average Bonchev–Trinajstić information content (AvgIpc) is 2.90. The molecule has 3 aromatic rings. The maximum atomic E-state index is 11.8. The number of nitrogens with zero attached hydrogens (tertiary/aromatic N) is 6. The second-order valence-corrected chi connectivity index (χ2v) is 8.20. The van der Waals surface area contributed by atoms with Crippen molar-refractivity contribution in [2.75, 3.05) is 6.54 Å². The molecule has 1 amide bonds. The van der Waals surface area contributed by atoms with Crippen molar-refractivity contribution < 1.29 is 24.6 Å². The Labute approximate surface area is 212 Å². The van der Waals surface area contributed by atoms with Crippen molar-refractivity contribution >= 4 is 17.8 Å². The first kappa shape index (κ1) is 27.2. The van der Waals surface area contributed by atoms with Crippen LogP contribution in [0.4, 0.5) is 0 Å². The first-order chi connectivity index (χ1) is 17.9. The molecule has 0 aliphatic rings. The van der Waals surface area contributed by atoms with Crippen molar-refractivity contribution in [2.24, 2.45) is 0 Å². The number of rotatable bonds is 15. The monoisotopic (exact) mass is 508 g/mol. The second kappa shape index (κ2) is 14.2. The molecule has 0 saturated heterocycles. The van der Waals surface area contributed by atoms with E-state index in [-0.39, 0.29) is 43.4 Å². The van der Waals surface area contributed by atoms with Crippen molar-refractivity contribution in [1.82, 2.24) is 41.0 Å². The molecular weight excluding hydrogens is 480 g/mol. The Bertz CT molecular complexity index is 1170. The smallest absolute Gasteiger partial charge is 0.303 e. The third-order valence-electron chi connectivity index (χ3n) is 5.19. The van der Waals surface area contributed by atoms with E-state index in [9.17, 15) is 14.4 Å². The van der Waals surface area contributed by atoms with E-state index in [1.165, 1.54) is 0 Å². The maximum Gasteiger partial charge on any atom is 0.303 e. The van der Waals surface area contributed by atoms with Crippen LogP contribution in [0.3, 0.4) is 0 Å². The number of hydrogen-bond donors (Lipinski definition) is 4. The van der Waals surface area contributed by atoms with Gasteiger partial charge in [0.15, 0.2) is 0 Å². The molecule has 194 valence electrons. The minimum absolute atomic E-state index is 0.0395. The van der Waals surface area contributed by atoms with E-state index in [0.29, 0.717) is 30.8 Å². The summed E-state index contributed by atoms with van der Waals surface area (Å²) in [6.07, 6.45) is 5.32. The molecule has 0 aliphatic heterocycles. The summed E-state index contributed by atoms with van der Waals surface area (Å²) >= 11 is 0. The molecule has 0 bridgehead atoms. The highest BCUT2D eigenvalue weighted by Crippen LogP contribution is 2.14. The number of nitrogens with one attached hydrogen (secondary N) is 2. The van der Waals surface area contributed by atoms with E-state index < -0.39 is 11.9 Å². The Morgan fingerprint density at radius 2 is 1.22 bits per heavy atom. The number of carbonyl (C=O) groups excluding carboxylic acids is 1. The lowest BCUT2D eigenvalue weighted by Crippen LogP contribution is -2.22. The van der Waals surface area contributed by atoms with E-state index in [1.807, 2.05) is 6.07 Å². The number of hydrogen-bond acceptors (Lipinski definition) is 10. The van der Waals surface area contributed by atoms with Crippen LogP contribution in [0.25, 0.3) is 23.0 Å². The van der Waals surface area contributed by atoms with Gasteiger partial charge in [0.2, 0.25) is 17.6 Å². The van der Waals surface area contributed by atoms with Crippen LogP contribution in [-0.4, -0.2) is 65.0 Å². The van der Waals surface area contributed by atoms with Gasteiger partial charge in [-0.05, 0) is 49.1 Å². The SMILES string of the molecule is O=C(O)CCCCNCc1ccc(-c2nnc(-c3ccc(CNC(=O)CCCC(=O)O)cn3)nn2)nc1. The van der Waals surface area contributed by atoms with Crippen molar-refractivity contribution in [3.05, 3.63) is 47.8 Å². The van der Waals surface area contributed by atoms with Crippen molar-refractivity contribution in [3.8, 4) is 23.0 Å². The molecule has 13 heteroatoms. The fraction of sp³-hybridized carbons (Fsp3) is 0.375. The molecular formula is C24H28N8O5. The van der Waals surface area contributed by atoms with Crippen molar-refractivity contribution in [2.45, 2.75) is 51.6 Å². The summed E-state index contributed by atoms with van der Waals surface area (Å²) in [5, 5.41) is 39.6. The number of unbranched alkanes of at least 4 members (excludes halogenated alkanes) is 1. The molecule has 0 saturated carbocycles. The van der Waals surface area contributed by atoms with Crippen LogP contribution in [0.5, 0.6) is 0 Å². The highest BCUT2D eigenvalue weighted by Gasteiger charge is 2.10. The third kappa shape index (κ3) is 9.64. The Balaban J connectivity index is 1.46. The first-order valence-corrected chi connectivity index (χ1v) is 11.8. The van der Waals surface area contributed by atoms with E-state index in [1.54, 1.807) is 30.6 Å². The molecule has 0 fully saturated rings. The van der Waals surface area contributed by atoms with Crippen LogP contribution < -0.4 is 10.6 Å². The number of pyridine rings is 2. The number of carbonyl (C=O) groups is 3. The van der Waals surface area contributed by atoms with E-state index in [0.717, 1.165) is 24.1 Å². The molecule has 0 radical (unpaired) electrons. The number of carboxylic acid groups (broad SMARTS) is 2. The molecule has 3 rings (SSSR count). The highest BCUT2D eigenvalue weighted by atomic mass is 16.4. The normalized spacial score (nSPS) is 10.7. The zero-order valence-corrected chi connectivity index (χ0v) is 20.1. The fourth-order valence-corrected chi connectivity index (χ4v) is 3.21. The molecule has 13 nitrogen and oxygen atoms in total. The second-order valence-electron chi connectivity index (χ2n) is 8.20. The van der Waals surface area contributed by atoms with Gasteiger partial charge in [-0.25, -0.2) is 0 Å². The predicted octanol–water partition coefficient (Wildman–Crippen LogP) is 1.61. The zero-order valence-electron chi connectivity index (χ0n) is 20.1. The molecule has 37 heavy (non-hydrogen) atoms. The van der Waals surface area contributed by atoms with Gasteiger partial charge in [-0.1, -0.05) is 12.1 Å². The standard InChI is InChI=1S/C24H28N8O5/c33-20(4-3-6-22(36)37)28-15-17-8-10-19(27-14-17)24-31-29-23(30-32-24)18-9-7-16(13-26-18)12-25-11-2-1-5-21(34)35/h7-10,13-14,25H,1-6,11-12,15H2,(H,28,33)(H,34,35)(H,36,37). The highest BCUT2D eigenvalue weighted by molar-refractivity contribution is 5.76. The lowest BCUT2D eigenvalue weighted by molar-refractivity contribution is -0.138. The van der Waals surface area contributed by atoms with Crippen LogP contribution >= 0.6 is 0 Å². The molecule has 0 atom stereocenters. The van der Waals surface area contributed by atoms with Gasteiger partial charge < -0.3 is 20.8 Å². The van der Waals surface area contributed by atoms with E-state index >= 15 is 0 Å². The molecule has 0 unspecified atom stereocenters. The van der Waals surface area contributed by atoms with Gasteiger partial charge in [-0.2, -0.15) is 0 Å². The molecule has 4 N–H and O–H groups in total. The fourth-order valence-electron chi connectivity index (χ4n) is 3.21. The van der Waals surface area contributed by atoms with Gasteiger partial charge in [-0.3, -0.25) is 24.4 Å². The van der Waals surface area contributed by atoms with Crippen LogP contribution in [0.1, 0.15) is 49.7 Å². The lowest BCUT2D eigenvalue weighted by Gasteiger charge is -2.06. The van der Waals surface area contributed by atoms with Crippen molar-refractivity contribution in [1.29, 1.82) is 0 Å². The molecule has 0 spiro atoms. The summed E-state index contributed by atoms with van der Waals surface area (Å²) in [6.45, 7) is 1.62. The average molecular weight is 509 g/mol. The van der Waals surface area contributed by atoms with Crippen LogP contribution in [0.2, 0.25) is 0 Å². The Morgan fingerprint density at radius 3 is 1.73 bits per heavy atom. The number of aliphatic carboxylic acids is 2. The van der Waals surface area contributed by atoms with Gasteiger partial charge in [0.1, 0.15) is 11.4 Å². The third-order valence-corrected chi connectivity index (χ3v) is 5.19. The number of amides is 1. The molecule has 3 heterocycles. The quantitative estimate of drug-likeness (QED) is 0.217. The van der Waals surface area contributed by atoms with Gasteiger partial charge >= 0.3 is 11.9 Å². The summed E-state index contributed by atoms with van der Waals surface area (Å²) in [4.78, 5) is 41.4. The maximum absolute atomic E-state index is 11.8. The molecule has 3 aromatic heterocycles. The number of carboxylic acids is 2. The summed E-state index contributed by atoms with van der Waals surface area (Å²) < 4.78 is 0. The minimum Gasteiger partial charge on any atom is -0.481 e. The van der Waals surface area contributed by atoms with E-state index in [4.69, 9.17) is 10.2 Å². The van der Waals surface area contributed by atoms with E-state index in [2.05, 4.69) is 41.0 Å². The predicted molar refractivity (Wildman–Crippen MR) is 131 cm³/mol. The molecule has 0 aliphatic carbocycles. The van der Waals surface area contributed by atoms with Crippen LogP contribution in [-0.2, 0) is 27.5 Å². The summed E-state index contributed by atoms with van der Waals surface area (Å²) in [6, 6.07) is 7.15. The first-order valence-electron chi connectivity index (χ1n) is 11.8. The van der Waals surface area contributed by atoms with Crippen molar-refractivity contribution in [3.63, 3.8) is 0 Å². The van der Waals surface area contributed by atoms with Gasteiger partial charge in [0.05, 0.1) is 0 Å². The Kier molecular flexibility index (Phi) is 10.5. The number of aromatic nitrogens is 6. The Hall–Kier alpha value is -4.39. The minimum atomic E-state index is -0.923. The van der Waals surface area contributed by atoms with Crippen LogP contribution in [0.15, 0.2) is 36.7 Å². The van der Waals surface area contributed by atoms with Gasteiger partial charge in [0, 0.05) is 44.7 Å². The lowest BCUT2D eigenvalue weighted by atomic mass is 10.2. The topological polar surface area (TPSA) is 193 Å². The van der Waals surface area contributed by atoms with Gasteiger partial charge in [-0.15, -0.1) is 20.4 Å². The summed E-state index contributed by atoms with van der Waals surface area (Å²) in [5.74, 6) is -1.40. The Morgan fingerprint density at radius 1 is 0.676 bits per heavy atom. The molecule has 0 aromatic carbocycles. The van der Waals surface area contributed by atoms with Crippen LogP contribution in [0, 0.1) is 0 Å². The van der Waals surface area contributed by atoms with Gasteiger partial charge in [0.25, 0.3) is 0 Å². The summed E-state index contributed by atoms with van der Waals surface area (Å²) in [7, 11) is 0. The zero-order chi connectivity index (χ0) is 26.5. The summed E-state index contributed by atoms with van der Waals surface area (Å²) in [5.41, 5.74) is 2.74.